The molecule has 1 aromatic carbocycles. The maximum absolute atomic E-state index is 4.59. The van der Waals surface area contributed by atoms with E-state index in [0.717, 1.165) is 15.1 Å². The van der Waals surface area contributed by atoms with Crippen LogP contribution < -0.4 is 5.32 Å². The number of hydrogen-bond donors (Lipinski definition) is 1. The van der Waals surface area contributed by atoms with Gasteiger partial charge >= 0.3 is 0 Å². The van der Waals surface area contributed by atoms with Gasteiger partial charge in [0.2, 0.25) is 0 Å². The average Bonchev–Trinajstić information content (AvgIpc) is 2.67. The highest BCUT2D eigenvalue weighted by Crippen LogP contribution is 2.28. The summed E-state index contributed by atoms with van der Waals surface area (Å²) in [7, 11) is 0. The van der Waals surface area contributed by atoms with Crippen molar-refractivity contribution < 1.29 is 0 Å². The molecule has 1 heterocycles. The highest BCUT2D eigenvalue weighted by Gasteiger charge is 2.07. The van der Waals surface area contributed by atoms with E-state index in [-0.39, 0.29) is 0 Å². The normalized spacial score (nSPS) is 12.9. The topological polar surface area (TPSA) is 24.9 Å². The molecule has 0 fully saturated rings. The van der Waals surface area contributed by atoms with Crippen LogP contribution in [-0.4, -0.2) is 23.0 Å². The number of nitrogens with zero attached hydrogens (tertiary/aromatic N) is 1. The Labute approximate surface area is 118 Å². The van der Waals surface area contributed by atoms with E-state index in [2.05, 4.69) is 57.6 Å². The molecular formula is C12H15BrN2S2. The van der Waals surface area contributed by atoms with Crippen LogP contribution in [0.15, 0.2) is 22.7 Å². The zero-order chi connectivity index (χ0) is 12.3. The van der Waals surface area contributed by atoms with Gasteiger partial charge in [0.05, 0.1) is 10.2 Å². The fourth-order valence-electron chi connectivity index (χ4n) is 1.54. The zero-order valence-corrected chi connectivity index (χ0v) is 13.1. The van der Waals surface area contributed by atoms with E-state index in [1.54, 1.807) is 11.3 Å². The van der Waals surface area contributed by atoms with E-state index in [1.807, 2.05) is 11.8 Å². The van der Waals surface area contributed by atoms with Crippen molar-refractivity contribution in [3.63, 3.8) is 0 Å². The van der Waals surface area contributed by atoms with Crippen molar-refractivity contribution in [2.45, 2.75) is 19.4 Å². The molecule has 1 N–H and O–H groups in total. The minimum atomic E-state index is 0.478. The minimum Gasteiger partial charge on any atom is -0.359 e. The summed E-state index contributed by atoms with van der Waals surface area (Å²) in [6.45, 7) is 2.21. The number of hydrogen-bond acceptors (Lipinski definition) is 4. The van der Waals surface area contributed by atoms with Gasteiger partial charge in [-0.25, -0.2) is 4.98 Å². The standard InChI is InChI=1S/C12H15BrN2S2/c1-8(5-6-16-2)14-12-15-10-7-9(13)3-4-11(10)17-12/h3-4,7-8H,5-6H2,1-2H3,(H,14,15). The number of fused-ring (bicyclic) bond motifs is 1. The van der Waals surface area contributed by atoms with Gasteiger partial charge in [-0.2, -0.15) is 11.8 Å². The Bertz CT molecular complexity index is 498. The molecule has 5 heteroatoms. The molecule has 17 heavy (non-hydrogen) atoms. The van der Waals surface area contributed by atoms with Gasteiger partial charge in [-0.3, -0.25) is 0 Å². The maximum atomic E-state index is 4.59. The summed E-state index contributed by atoms with van der Waals surface area (Å²) in [4.78, 5) is 4.59. The van der Waals surface area contributed by atoms with Crippen molar-refractivity contribution in [3.05, 3.63) is 22.7 Å². The SMILES string of the molecule is CSCCC(C)Nc1nc2cc(Br)ccc2s1. The van der Waals surface area contributed by atoms with Gasteiger partial charge in [0.15, 0.2) is 5.13 Å². The molecule has 0 aliphatic carbocycles. The van der Waals surface area contributed by atoms with Crippen LogP contribution in [0.3, 0.4) is 0 Å². The molecule has 0 radical (unpaired) electrons. The van der Waals surface area contributed by atoms with E-state index in [0.29, 0.717) is 6.04 Å². The van der Waals surface area contributed by atoms with Crippen LogP contribution in [0.1, 0.15) is 13.3 Å². The molecule has 0 aliphatic rings. The highest BCUT2D eigenvalue weighted by molar-refractivity contribution is 9.10. The number of rotatable bonds is 5. The summed E-state index contributed by atoms with van der Waals surface area (Å²) >= 11 is 7.07. The molecule has 0 saturated carbocycles. The van der Waals surface area contributed by atoms with Gasteiger partial charge in [-0.15, -0.1) is 0 Å². The minimum absolute atomic E-state index is 0.478. The van der Waals surface area contributed by atoms with Crippen LogP contribution in [0.2, 0.25) is 0 Å². The van der Waals surface area contributed by atoms with Crippen molar-refractivity contribution >= 4 is 54.4 Å². The molecule has 2 nitrogen and oxygen atoms in total. The van der Waals surface area contributed by atoms with Crippen molar-refractivity contribution in [3.8, 4) is 0 Å². The Morgan fingerprint density at radius 1 is 1.53 bits per heavy atom. The largest absolute Gasteiger partial charge is 0.359 e. The second kappa shape index (κ2) is 6.07. The second-order valence-corrected chi connectivity index (χ2v) is 6.89. The molecular weight excluding hydrogens is 316 g/mol. The van der Waals surface area contributed by atoms with Crippen LogP contribution in [0.5, 0.6) is 0 Å². The molecule has 1 aromatic heterocycles. The number of benzene rings is 1. The van der Waals surface area contributed by atoms with E-state index < -0.39 is 0 Å². The number of thiazole rings is 1. The van der Waals surface area contributed by atoms with Crippen LogP contribution in [0.25, 0.3) is 10.2 Å². The van der Waals surface area contributed by atoms with Crippen LogP contribution >= 0.6 is 39.0 Å². The maximum Gasteiger partial charge on any atom is 0.183 e. The van der Waals surface area contributed by atoms with Crippen LogP contribution in [0.4, 0.5) is 5.13 Å². The predicted molar refractivity (Wildman–Crippen MR) is 83.4 cm³/mol. The first kappa shape index (κ1) is 13.2. The van der Waals surface area contributed by atoms with Gasteiger partial charge in [0.25, 0.3) is 0 Å². The molecule has 0 spiro atoms. The van der Waals surface area contributed by atoms with Gasteiger partial charge in [0.1, 0.15) is 0 Å². The summed E-state index contributed by atoms with van der Waals surface area (Å²) in [6, 6.07) is 6.70. The van der Waals surface area contributed by atoms with Gasteiger partial charge in [-0.05, 0) is 43.6 Å². The molecule has 0 amide bonds. The first-order valence-corrected chi connectivity index (χ1v) is 8.51. The lowest BCUT2D eigenvalue weighted by Crippen LogP contribution is -2.15. The Morgan fingerprint density at radius 2 is 2.35 bits per heavy atom. The zero-order valence-electron chi connectivity index (χ0n) is 9.87. The highest BCUT2D eigenvalue weighted by atomic mass is 79.9. The third-order valence-corrected chi connectivity index (χ3v) is 4.58. The molecule has 0 bridgehead atoms. The number of nitrogens with one attached hydrogen (secondary N) is 1. The lowest BCUT2D eigenvalue weighted by molar-refractivity contribution is 0.771. The lowest BCUT2D eigenvalue weighted by Gasteiger charge is -2.11. The monoisotopic (exact) mass is 330 g/mol. The lowest BCUT2D eigenvalue weighted by atomic mass is 10.3. The van der Waals surface area contributed by atoms with Crippen molar-refractivity contribution in [2.24, 2.45) is 0 Å². The quantitative estimate of drug-likeness (QED) is 0.866. The fourth-order valence-corrected chi connectivity index (χ4v) is 3.44. The fraction of sp³-hybridized carbons (Fsp3) is 0.417. The average molecular weight is 331 g/mol. The third kappa shape index (κ3) is 3.60. The Kier molecular flexibility index (Phi) is 4.70. The van der Waals surface area contributed by atoms with Crippen LogP contribution in [-0.2, 0) is 0 Å². The Balaban J connectivity index is 2.08. The number of thioether (sulfide) groups is 1. The van der Waals surface area contributed by atoms with Gasteiger partial charge in [-0.1, -0.05) is 27.3 Å². The smallest absolute Gasteiger partial charge is 0.183 e. The van der Waals surface area contributed by atoms with Crippen LogP contribution in [0, 0.1) is 0 Å². The molecule has 92 valence electrons. The van der Waals surface area contributed by atoms with E-state index >= 15 is 0 Å². The Hall–Kier alpha value is -0.260. The molecule has 1 atom stereocenters. The molecule has 2 rings (SSSR count). The molecule has 1 unspecified atom stereocenters. The van der Waals surface area contributed by atoms with E-state index in [1.165, 1.54) is 16.9 Å². The Morgan fingerprint density at radius 3 is 3.12 bits per heavy atom. The van der Waals surface area contributed by atoms with Gasteiger partial charge < -0.3 is 5.32 Å². The molecule has 2 aromatic rings. The van der Waals surface area contributed by atoms with Gasteiger partial charge in [0, 0.05) is 10.5 Å². The van der Waals surface area contributed by atoms with Crippen molar-refractivity contribution in [1.82, 2.24) is 4.98 Å². The third-order valence-electron chi connectivity index (χ3n) is 2.47. The first-order valence-electron chi connectivity index (χ1n) is 5.50. The summed E-state index contributed by atoms with van der Waals surface area (Å²) < 4.78 is 2.31. The molecule has 0 aliphatic heterocycles. The summed E-state index contributed by atoms with van der Waals surface area (Å²) in [5.41, 5.74) is 1.06. The number of halogens is 1. The van der Waals surface area contributed by atoms with E-state index in [9.17, 15) is 0 Å². The second-order valence-electron chi connectivity index (χ2n) is 3.96. The summed E-state index contributed by atoms with van der Waals surface area (Å²) in [5.74, 6) is 1.19. The van der Waals surface area contributed by atoms with E-state index in [4.69, 9.17) is 0 Å². The summed E-state index contributed by atoms with van der Waals surface area (Å²) in [5, 5.41) is 4.48. The van der Waals surface area contributed by atoms with Crippen molar-refractivity contribution in [2.75, 3.05) is 17.3 Å². The number of aromatic nitrogens is 1. The number of anilines is 1. The predicted octanol–water partition coefficient (Wildman–Crippen LogP) is 4.61. The summed E-state index contributed by atoms with van der Waals surface area (Å²) in [6.07, 6.45) is 3.31. The molecule has 0 saturated heterocycles. The van der Waals surface area contributed by atoms with Crippen molar-refractivity contribution in [1.29, 1.82) is 0 Å². The first-order chi connectivity index (χ1) is 8.19.